The lowest BCUT2D eigenvalue weighted by Gasteiger charge is -2.19. The summed E-state index contributed by atoms with van der Waals surface area (Å²) in [6, 6.07) is 30.8. The van der Waals surface area contributed by atoms with Crippen molar-refractivity contribution in [2.75, 3.05) is 14.1 Å². The van der Waals surface area contributed by atoms with Crippen LogP contribution in [0, 0.1) is 0 Å². The molecule has 0 aliphatic heterocycles. The summed E-state index contributed by atoms with van der Waals surface area (Å²) in [5.74, 6) is 0.932. The van der Waals surface area contributed by atoms with E-state index in [-0.39, 0.29) is 0 Å². The van der Waals surface area contributed by atoms with E-state index >= 15 is 0 Å². The summed E-state index contributed by atoms with van der Waals surface area (Å²) >= 11 is 0. The van der Waals surface area contributed by atoms with Crippen molar-refractivity contribution in [3.8, 4) is 0 Å². The van der Waals surface area contributed by atoms with E-state index in [2.05, 4.69) is 59.5 Å². The fraction of sp³-hybridized carbons (Fsp3) is 0.0870. The fourth-order valence-corrected chi connectivity index (χ4v) is 2.64. The highest BCUT2D eigenvalue weighted by atomic mass is 15.1. The molecule has 124 valence electrons. The molecule has 0 amide bonds. The molecule has 0 spiro atoms. The monoisotopic (exact) mass is 326 g/mol. The molecule has 2 heteroatoms. The number of hydrogen-bond donors (Lipinski definition) is 0. The summed E-state index contributed by atoms with van der Waals surface area (Å²) in [7, 11) is 4.06. The molecule has 0 aliphatic carbocycles. The summed E-state index contributed by atoms with van der Waals surface area (Å²) in [5.41, 5.74) is 4.35. The molecule has 0 fully saturated rings. The molecule has 0 saturated heterocycles. The Balaban J connectivity index is 2.15. The summed E-state index contributed by atoms with van der Waals surface area (Å²) in [6.45, 7) is 0. The van der Waals surface area contributed by atoms with Gasteiger partial charge in [-0.3, -0.25) is 0 Å². The fourth-order valence-electron chi connectivity index (χ4n) is 2.64. The number of para-hydroxylation sites is 1. The van der Waals surface area contributed by atoms with Crippen LogP contribution < -0.4 is 0 Å². The van der Waals surface area contributed by atoms with Crippen LogP contribution in [-0.4, -0.2) is 24.8 Å². The van der Waals surface area contributed by atoms with Crippen molar-refractivity contribution < 1.29 is 0 Å². The molecule has 0 bridgehead atoms. The van der Waals surface area contributed by atoms with Crippen molar-refractivity contribution >= 4 is 23.2 Å². The lowest BCUT2D eigenvalue weighted by molar-refractivity contribution is 0.629. The van der Waals surface area contributed by atoms with Gasteiger partial charge in [-0.25, -0.2) is 4.99 Å². The number of nitrogens with zero attached hydrogens (tertiary/aromatic N) is 2. The van der Waals surface area contributed by atoms with Crippen molar-refractivity contribution in [2.24, 2.45) is 4.99 Å². The van der Waals surface area contributed by atoms with Crippen LogP contribution in [0.2, 0.25) is 0 Å². The van der Waals surface area contributed by atoms with E-state index in [0.717, 1.165) is 28.2 Å². The van der Waals surface area contributed by atoms with E-state index < -0.39 is 0 Å². The maximum absolute atomic E-state index is 4.91. The molecule has 3 aromatic carbocycles. The summed E-state index contributed by atoms with van der Waals surface area (Å²) in [6.07, 6.45) is 2.19. The first-order valence-electron chi connectivity index (χ1n) is 8.37. The normalized spacial score (nSPS) is 12.1. The molecule has 0 aliphatic rings. The van der Waals surface area contributed by atoms with Gasteiger partial charge in [-0.1, -0.05) is 78.9 Å². The first kappa shape index (κ1) is 16.7. The molecule has 0 radical (unpaired) electrons. The molecular formula is C23H22N2. The van der Waals surface area contributed by atoms with Gasteiger partial charge in [0, 0.05) is 19.7 Å². The lowest BCUT2D eigenvalue weighted by Crippen LogP contribution is -2.23. The zero-order valence-electron chi connectivity index (χ0n) is 14.6. The van der Waals surface area contributed by atoms with Gasteiger partial charge in [-0.2, -0.15) is 0 Å². The van der Waals surface area contributed by atoms with Crippen LogP contribution >= 0.6 is 0 Å². The highest BCUT2D eigenvalue weighted by molar-refractivity contribution is 6.27. The number of likely N-dealkylation sites (N-methyl/N-ethyl adjacent to an activating group) is 1. The third kappa shape index (κ3) is 4.45. The molecule has 0 aromatic heterocycles. The maximum atomic E-state index is 4.91. The molecule has 0 N–H and O–H groups in total. The van der Waals surface area contributed by atoms with Crippen LogP contribution in [0.3, 0.4) is 0 Å². The first-order valence-corrected chi connectivity index (χ1v) is 8.37. The van der Waals surface area contributed by atoms with Gasteiger partial charge < -0.3 is 4.90 Å². The van der Waals surface area contributed by atoms with Crippen LogP contribution in [-0.2, 0) is 0 Å². The van der Waals surface area contributed by atoms with Gasteiger partial charge in [0.1, 0.15) is 5.84 Å². The van der Waals surface area contributed by atoms with Crippen molar-refractivity contribution in [3.63, 3.8) is 0 Å². The number of benzene rings is 3. The summed E-state index contributed by atoms with van der Waals surface area (Å²) in [5, 5.41) is 0. The second kappa shape index (κ2) is 8.11. The topological polar surface area (TPSA) is 15.6 Å². The smallest absolute Gasteiger partial charge is 0.136 e. The predicted octanol–water partition coefficient (Wildman–Crippen LogP) is 5.52. The molecule has 3 aromatic rings. The zero-order valence-corrected chi connectivity index (χ0v) is 14.6. The highest BCUT2D eigenvalue weighted by Gasteiger charge is 2.12. The van der Waals surface area contributed by atoms with Gasteiger partial charge in [-0.15, -0.1) is 0 Å². The molecular weight excluding hydrogens is 304 g/mol. The van der Waals surface area contributed by atoms with E-state index in [1.807, 2.05) is 56.6 Å². The highest BCUT2D eigenvalue weighted by Crippen LogP contribution is 2.23. The average molecular weight is 326 g/mol. The Kier molecular flexibility index (Phi) is 5.43. The Morgan fingerprint density at radius 3 is 1.80 bits per heavy atom. The van der Waals surface area contributed by atoms with E-state index in [9.17, 15) is 0 Å². The average Bonchev–Trinajstić information content (AvgIpc) is 2.67. The number of amidine groups is 1. The van der Waals surface area contributed by atoms with Crippen molar-refractivity contribution in [2.45, 2.75) is 0 Å². The quantitative estimate of drug-likeness (QED) is 0.350. The van der Waals surface area contributed by atoms with Crippen LogP contribution in [0.5, 0.6) is 0 Å². The molecule has 3 rings (SSSR count). The van der Waals surface area contributed by atoms with Gasteiger partial charge in [0.15, 0.2) is 0 Å². The first-order chi connectivity index (χ1) is 12.2. The second-order valence-corrected chi connectivity index (χ2v) is 6.00. The Hall–Kier alpha value is -3.13. The predicted molar refractivity (Wildman–Crippen MR) is 108 cm³/mol. The minimum absolute atomic E-state index is 0.932. The molecule has 0 atom stereocenters. The van der Waals surface area contributed by atoms with E-state index in [0.29, 0.717) is 0 Å². The van der Waals surface area contributed by atoms with E-state index in [4.69, 9.17) is 4.99 Å². The van der Waals surface area contributed by atoms with Crippen molar-refractivity contribution in [1.29, 1.82) is 0 Å². The van der Waals surface area contributed by atoms with Crippen LogP contribution in [0.1, 0.15) is 11.1 Å². The summed E-state index contributed by atoms with van der Waals surface area (Å²) < 4.78 is 0. The Labute approximate surface area is 149 Å². The molecule has 2 nitrogen and oxygen atoms in total. The third-order valence-electron chi connectivity index (χ3n) is 3.85. The van der Waals surface area contributed by atoms with Gasteiger partial charge in [0.05, 0.1) is 5.69 Å². The van der Waals surface area contributed by atoms with Crippen LogP contribution in [0.25, 0.3) is 11.6 Å². The number of aliphatic imine (C=N–C) groups is 1. The lowest BCUT2D eigenvalue weighted by atomic mass is 10.0. The van der Waals surface area contributed by atoms with E-state index in [1.165, 1.54) is 0 Å². The van der Waals surface area contributed by atoms with Gasteiger partial charge in [0.2, 0.25) is 0 Å². The van der Waals surface area contributed by atoms with E-state index in [1.54, 1.807) is 0 Å². The minimum Gasteiger partial charge on any atom is -0.362 e. The largest absolute Gasteiger partial charge is 0.362 e. The second-order valence-electron chi connectivity index (χ2n) is 6.00. The SMILES string of the molecule is CN(C)C(=Nc1ccccc1)C(=Cc1ccccc1)c1ccccc1. The Bertz CT molecular complexity index is 848. The molecule has 25 heavy (non-hydrogen) atoms. The number of hydrogen-bond acceptors (Lipinski definition) is 1. The van der Waals surface area contributed by atoms with Crippen LogP contribution in [0.15, 0.2) is 96.0 Å². The zero-order chi connectivity index (χ0) is 17.5. The molecule has 0 heterocycles. The van der Waals surface area contributed by atoms with Crippen molar-refractivity contribution in [3.05, 3.63) is 102 Å². The van der Waals surface area contributed by atoms with Gasteiger partial charge >= 0.3 is 0 Å². The maximum Gasteiger partial charge on any atom is 0.136 e. The van der Waals surface area contributed by atoms with Gasteiger partial charge in [-0.05, 0) is 29.3 Å². The number of rotatable bonds is 4. The van der Waals surface area contributed by atoms with Crippen molar-refractivity contribution in [1.82, 2.24) is 4.90 Å². The summed E-state index contributed by atoms with van der Waals surface area (Å²) in [4.78, 5) is 6.97. The van der Waals surface area contributed by atoms with Gasteiger partial charge in [0.25, 0.3) is 0 Å². The standard InChI is InChI=1S/C23H22N2/c1-25(2)23(24-21-16-10-5-11-17-21)22(20-14-8-4-9-15-20)18-19-12-6-3-7-13-19/h3-18H,1-2H3. The van der Waals surface area contributed by atoms with Crippen LogP contribution in [0.4, 0.5) is 5.69 Å². The Morgan fingerprint density at radius 2 is 1.24 bits per heavy atom. The third-order valence-corrected chi connectivity index (χ3v) is 3.85. The Morgan fingerprint density at radius 1 is 0.720 bits per heavy atom. The molecule has 0 saturated carbocycles. The molecule has 0 unspecified atom stereocenters. The minimum atomic E-state index is 0.932.